The van der Waals surface area contributed by atoms with Crippen molar-refractivity contribution in [3.05, 3.63) is 67.1 Å². The Balaban J connectivity index is 0. The first-order valence-corrected chi connectivity index (χ1v) is 16.4. The first kappa shape index (κ1) is 41.1. The number of carbonyl (C=O) groups excluding carboxylic acids is 3. The lowest BCUT2D eigenvalue weighted by Crippen LogP contribution is -2.12. The second kappa shape index (κ2) is 23.5. The number of aryl methyl sites for hydroxylation is 4. The maximum atomic E-state index is 11.8. The number of rotatable bonds is 10. The topological polar surface area (TPSA) is 105 Å². The van der Waals surface area contributed by atoms with Gasteiger partial charge in [-0.25, -0.2) is 0 Å². The fraction of sp³-hybridized carbons (Fsp3) is 0.467. The second-order valence-electron chi connectivity index (χ2n) is 8.35. The molecule has 0 N–H and O–H groups in total. The van der Waals surface area contributed by atoms with Gasteiger partial charge in [0.25, 0.3) is 0 Å². The van der Waals surface area contributed by atoms with Gasteiger partial charge in [-0.05, 0) is 94.8 Å². The fourth-order valence-electron chi connectivity index (χ4n) is 3.24. The van der Waals surface area contributed by atoms with Crippen LogP contribution < -0.4 is 4.74 Å². The average molecular weight is 722 g/mol. The van der Waals surface area contributed by atoms with E-state index in [1.54, 1.807) is 27.9 Å². The molecule has 230 valence electrons. The van der Waals surface area contributed by atoms with Crippen LogP contribution in [0.5, 0.6) is 5.75 Å². The quantitative estimate of drug-likeness (QED) is 0.177. The molecule has 2 aromatic rings. The van der Waals surface area contributed by atoms with Gasteiger partial charge in [-0.1, -0.05) is 63.1 Å². The van der Waals surface area contributed by atoms with Crippen LogP contribution in [-0.2, 0) is 32.7 Å². The lowest BCUT2D eigenvalue weighted by atomic mass is 10.1. The molecule has 41 heavy (non-hydrogen) atoms. The van der Waals surface area contributed by atoms with Crippen LogP contribution in [0.4, 0.5) is 0 Å². The van der Waals surface area contributed by atoms with E-state index in [2.05, 4.69) is 95.5 Å². The highest BCUT2D eigenvalue weighted by Crippen LogP contribution is 2.47. The van der Waals surface area contributed by atoms with Crippen LogP contribution in [-0.4, -0.2) is 45.2 Å². The van der Waals surface area contributed by atoms with Crippen LogP contribution in [0.1, 0.15) is 61.9 Å². The van der Waals surface area contributed by atoms with E-state index < -0.39 is 13.6 Å². The van der Waals surface area contributed by atoms with Crippen LogP contribution in [0, 0.1) is 27.7 Å². The molecule has 2 aromatic carbocycles. The van der Waals surface area contributed by atoms with Gasteiger partial charge in [-0.3, -0.25) is 9.36 Å². The van der Waals surface area contributed by atoms with Crippen molar-refractivity contribution in [1.29, 1.82) is 0 Å². The lowest BCUT2D eigenvalue weighted by Gasteiger charge is -2.15. The Morgan fingerprint density at radius 1 is 0.829 bits per heavy atom. The summed E-state index contributed by atoms with van der Waals surface area (Å²) >= 11 is 7.04. The summed E-state index contributed by atoms with van der Waals surface area (Å²) in [7, 11) is -1.60. The number of ether oxygens (including phenoxy) is 2. The van der Waals surface area contributed by atoms with Crippen LogP contribution >= 0.6 is 39.5 Å². The Labute approximate surface area is 262 Å². The molecule has 0 saturated heterocycles. The van der Waals surface area contributed by atoms with E-state index in [-0.39, 0.29) is 32.1 Å². The smallest absolute Gasteiger partial charge is 0.373 e. The highest BCUT2D eigenvalue weighted by Gasteiger charge is 2.28. The minimum atomic E-state index is -3.28. The normalized spacial score (nSPS) is 10.2. The number of carbonyl (C=O) groups is 1. The number of benzene rings is 2. The first-order chi connectivity index (χ1) is 19.3. The van der Waals surface area contributed by atoms with Gasteiger partial charge in [-0.2, -0.15) is 9.59 Å². The van der Waals surface area contributed by atoms with Gasteiger partial charge < -0.3 is 18.5 Å². The third kappa shape index (κ3) is 18.2. The van der Waals surface area contributed by atoms with Gasteiger partial charge in [0.1, 0.15) is 11.9 Å². The molecule has 0 bridgehead atoms. The van der Waals surface area contributed by atoms with E-state index in [0.29, 0.717) is 0 Å². The molecule has 0 aromatic heterocycles. The van der Waals surface area contributed by atoms with E-state index in [4.69, 9.17) is 23.4 Å². The van der Waals surface area contributed by atoms with E-state index in [1.807, 2.05) is 12.1 Å². The molecule has 2 rings (SSSR count). The van der Waals surface area contributed by atoms with Crippen molar-refractivity contribution in [2.75, 3.05) is 33.1 Å². The van der Waals surface area contributed by atoms with Crippen molar-refractivity contribution < 1.29 is 37.5 Å². The van der Waals surface area contributed by atoms with Crippen LogP contribution in [0.25, 0.3) is 6.08 Å². The van der Waals surface area contributed by atoms with Crippen molar-refractivity contribution >= 4 is 57.7 Å². The molecule has 0 aliphatic rings. The standard InChI is InChI=1S/C12H15Br.C9H11BrO.C8H17O5P.CO2/c1-4-5-6-11-7-9(2)12(13)10(3)8-11;1-6-4-8(11-3)5-7(2)9(6)10;1-4-11-8(9)7-14(10,12-5-2)13-6-3;2-1-3/h5-8H,4H2,1-3H3;4-5H,1-3H3;4-7H2,1-3H3;/b6-5+;;;. The molecule has 0 fully saturated rings. The lowest BCUT2D eigenvalue weighted by molar-refractivity contribution is -0.191. The molecular formula is C30H43Br2O8P. The number of methoxy groups -OCH3 is 1. The average Bonchev–Trinajstić information content (AvgIpc) is 2.90. The van der Waals surface area contributed by atoms with Gasteiger partial charge in [0.2, 0.25) is 0 Å². The van der Waals surface area contributed by atoms with Gasteiger partial charge in [0.05, 0.1) is 26.9 Å². The Morgan fingerprint density at radius 2 is 1.24 bits per heavy atom. The van der Waals surface area contributed by atoms with Gasteiger partial charge in [0, 0.05) is 8.95 Å². The van der Waals surface area contributed by atoms with Crippen molar-refractivity contribution in [3.63, 3.8) is 0 Å². The molecule has 0 aliphatic heterocycles. The SMILES string of the molecule is CC/C=C/c1cc(C)c(Br)c(C)c1.CCOC(=O)CP(=O)(OCC)OCC.COc1cc(C)c(Br)c(C)c1.O=C=O. The number of hydrogen-bond donors (Lipinski definition) is 0. The largest absolute Gasteiger partial charge is 0.497 e. The molecule has 8 nitrogen and oxygen atoms in total. The summed E-state index contributed by atoms with van der Waals surface area (Å²) in [5.74, 6) is 0.362. The Kier molecular flexibility index (Phi) is 23.5. The first-order valence-electron chi connectivity index (χ1n) is 13.1. The predicted octanol–water partition coefficient (Wildman–Crippen LogP) is 8.80. The summed E-state index contributed by atoms with van der Waals surface area (Å²) in [6, 6.07) is 8.42. The van der Waals surface area contributed by atoms with E-state index in [9.17, 15) is 9.36 Å². The van der Waals surface area contributed by atoms with E-state index in [1.165, 1.54) is 36.8 Å². The third-order valence-corrected chi connectivity index (χ3v) is 9.38. The monoisotopic (exact) mass is 720 g/mol. The summed E-state index contributed by atoms with van der Waals surface area (Å²) in [4.78, 5) is 27.3. The summed E-state index contributed by atoms with van der Waals surface area (Å²) in [5.41, 5.74) is 6.32. The van der Waals surface area contributed by atoms with E-state index >= 15 is 0 Å². The molecule has 0 amide bonds. The zero-order chi connectivity index (χ0) is 32.0. The molecule has 0 heterocycles. The molecule has 0 saturated carbocycles. The molecule has 0 atom stereocenters. The summed E-state index contributed by atoms with van der Waals surface area (Å²) in [5, 5.41) is 0. The zero-order valence-electron chi connectivity index (χ0n) is 25.5. The van der Waals surface area contributed by atoms with Crippen LogP contribution in [0.3, 0.4) is 0 Å². The number of esters is 1. The van der Waals surface area contributed by atoms with E-state index in [0.717, 1.165) is 12.2 Å². The molecule has 0 radical (unpaired) electrons. The Hall–Kier alpha value is -2.06. The predicted molar refractivity (Wildman–Crippen MR) is 170 cm³/mol. The Bertz CT molecular complexity index is 1120. The molecule has 0 spiro atoms. The highest BCUT2D eigenvalue weighted by molar-refractivity contribution is 9.10. The third-order valence-electron chi connectivity index (χ3n) is 4.93. The van der Waals surface area contributed by atoms with Crippen molar-refractivity contribution in [2.45, 2.75) is 61.8 Å². The maximum Gasteiger partial charge on any atom is 0.373 e. The summed E-state index contributed by atoms with van der Waals surface area (Å²) in [6.45, 7) is 16.3. The number of hydrogen-bond acceptors (Lipinski definition) is 8. The minimum Gasteiger partial charge on any atom is -0.497 e. The van der Waals surface area contributed by atoms with Crippen LogP contribution in [0.2, 0.25) is 0 Å². The van der Waals surface area contributed by atoms with Gasteiger partial charge >= 0.3 is 19.7 Å². The molecular weight excluding hydrogens is 679 g/mol. The van der Waals surface area contributed by atoms with Gasteiger partial charge in [0.15, 0.2) is 0 Å². The molecule has 0 unspecified atom stereocenters. The van der Waals surface area contributed by atoms with Crippen molar-refractivity contribution in [3.8, 4) is 5.75 Å². The maximum absolute atomic E-state index is 11.8. The van der Waals surface area contributed by atoms with Crippen LogP contribution in [0.15, 0.2) is 39.3 Å². The van der Waals surface area contributed by atoms with Crippen molar-refractivity contribution in [1.82, 2.24) is 0 Å². The van der Waals surface area contributed by atoms with Crippen molar-refractivity contribution in [2.24, 2.45) is 0 Å². The number of halogens is 2. The minimum absolute atomic E-state index is 0.247. The summed E-state index contributed by atoms with van der Waals surface area (Å²) in [6.07, 6.45) is 5.38. The fourth-order valence-corrected chi connectivity index (χ4v) is 5.15. The highest BCUT2D eigenvalue weighted by atomic mass is 79.9. The number of allylic oxidation sites excluding steroid dienone is 1. The molecule has 0 aliphatic carbocycles. The molecule has 11 heteroatoms. The van der Waals surface area contributed by atoms with Gasteiger partial charge in [-0.15, -0.1) is 0 Å². The summed E-state index contributed by atoms with van der Waals surface area (Å²) < 4.78 is 33.7. The zero-order valence-corrected chi connectivity index (χ0v) is 29.5. The Morgan fingerprint density at radius 3 is 1.59 bits per heavy atom. The second-order valence-corrected chi connectivity index (χ2v) is 12.0.